The van der Waals surface area contributed by atoms with Gasteiger partial charge < -0.3 is 14.8 Å². The Hall–Kier alpha value is -2.49. The molecule has 4 atom stereocenters. The van der Waals surface area contributed by atoms with E-state index in [1.165, 1.54) is 28.4 Å². The van der Waals surface area contributed by atoms with Gasteiger partial charge in [-0.3, -0.25) is 14.5 Å². The molecular weight excluding hydrogens is 432 g/mol. The molecule has 1 aromatic carbocycles. The van der Waals surface area contributed by atoms with Crippen LogP contribution >= 0.6 is 11.3 Å². The van der Waals surface area contributed by atoms with Crippen LogP contribution in [0.15, 0.2) is 46.8 Å². The number of imide groups is 1. The number of benzene rings is 1. The molecule has 0 spiro atoms. The first-order chi connectivity index (χ1) is 15.4. The molecule has 166 valence electrons. The number of amides is 2. The number of hydrogen-bond acceptors (Lipinski definition) is 6. The monoisotopic (exact) mass is 455 g/mol. The average molecular weight is 455 g/mol. The molecule has 9 heteroatoms. The van der Waals surface area contributed by atoms with Crippen LogP contribution in [0.5, 0.6) is 5.75 Å². The smallest absolute Gasteiger partial charge is 0.487 e. The second kappa shape index (κ2) is 8.13. The number of phenols is 1. The predicted octanol–water partition coefficient (Wildman–Crippen LogP) is 3.60. The van der Waals surface area contributed by atoms with E-state index in [0.29, 0.717) is 30.3 Å². The van der Waals surface area contributed by atoms with Crippen LogP contribution in [0, 0.1) is 23.6 Å². The number of aromatic hydroxyl groups is 1. The van der Waals surface area contributed by atoms with Gasteiger partial charge in [0.15, 0.2) is 11.6 Å². The lowest BCUT2D eigenvalue weighted by Crippen LogP contribution is -2.44. The minimum Gasteiger partial charge on any atom is -0.505 e. The summed E-state index contributed by atoms with van der Waals surface area (Å²) in [4.78, 5) is 29.0. The van der Waals surface area contributed by atoms with Crippen LogP contribution in [0.25, 0.3) is 0 Å². The van der Waals surface area contributed by atoms with Crippen LogP contribution in [0.4, 0.5) is 4.39 Å². The van der Waals surface area contributed by atoms with E-state index in [-0.39, 0.29) is 24.3 Å². The summed E-state index contributed by atoms with van der Waals surface area (Å²) in [6, 6.07) is 7.79. The first-order valence-electron chi connectivity index (χ1n) is 10.8. The Bertz CT molecular complexity index is 1100. The van der Waals surface area contributed by atoms with Gasteiger partial charge in [0.2, 0.25) is 11.8 Å². The summed E-state index contributed by atoms with van der Waals surface area (Å²) >= 11 is 1.50. The van der Waals surface area contributed by atoms with Gasteiger partial charge in [0, 0.05) is 4.88 Å². The zero-order valence-corrected chi connectivity index (χ0v) is 18.3. The standard InChI is InChI=1S/C23H23BFNO5S/c1-2-12-8-16-20(23(29)26(22(16)28)11-14-4-3-7-32-14)15-10-19(31-24(30)21(12)15)13-5-6-18(27)17(25)9-13/h3-7,9,15-16,19-20,27,30H,2,8,10-11H2,1H3/t15-,16-,19-,20+/m0/s1. The number of rotatable bonds is 4. The number of nitrogens with zero attached hydrogens (tertiary/aromatic N) is 1. The molecule has 0 bridgehead atoms. The SMILES string of the molecule is CCC1=C2B(O)O[C@H](c3ccc(O)c(F)c3)C[C@H]2[C@H]2C(=O)N(Cc3cccs3)C(=O)[C@H]2C1. The summed E-state index contributed by atoms with van der Waals surface area (Å²) in [5.74, 6) is -2.98. The molecule has 32 heavy (non-hydrogen) atoms. The molecule has 2 fully saturated rings. The molecule has 2 N–H and O–H groups in total. The van der Waals surface area contributed by atoms with Crippen molar-refractivity contribution in [2.24, 2.45) is 17.8 Å². The summed E-state index contributed by atoms with van der Waals surface area (Å²) in [5, 5.41) is 22.3. The number of carbonyl (C=O) groups excluding carboxylic acids is 2. The molecule has 0 radical (unpaired) electrons. The van der Waals surface area contributed by atoms with Gasteiger partial charge in [-0.05, 0) is 59.8 Å². The summed E-state index contributed by atoms with van der Waals surface area (Å²) < 4.78 is 19.8. The fourth-order valence-corrected chi connectivity index (χ4v) is 6.16. The largest absolute Gasteiger partial charge is 0.505 e. The number of carbonyl (C=O) groups is 2. The Morgan fingerprint density at radius 3 is 2.75 bits per heavy atom. The highest BCUT2D eigenvalue weighted by Crippen LogP contribution is 2.52. The van der Waals surface area contributed by atoms with E-state index in [1.54, 1.807) is 6.07 Å². The van der Waals surface area contributed by atoms with Gasteiger partial charge in [-0.2, -0.15) is 0 Å². The van der Waals surface area contributed by atoms with Crippen molar-refractivity contribution >= 4 is 30.3 Å². The van der Waals surface area contributed by atoms with E-state index in [0.717, 1.165) is 10.5 Å². The van der Waals surface area contributed by atoms with E-state index >= 15 is 0 Å². The molecular formula is C23H23BFNO5S. The Morgan fingerprint density at radius 1 is 1.25 bits per heavy atom. The highest BCUT2D eigenvalue weighted by atomic mass is 32.1. The van der Waals surface area contributed by atoms with Crippen LogP contribution in [0.1, 0.15) is 42.7 Å². The Balaban J connectivity index is 1.50. The number of allylic oxidation sites excluding steroid dienone is 2. The lowest BCUT2D eigenvalue weighted by atomic mass is 9.55. The van der Waals surface area contributed by atoms with Crippen molar-refractivity contribution < 1.29 is 28.8 Å². The molecule has 2 aromatic rings. The molecule has 1 aromatic heterocycles. The molecule has 5 rings (SSSR count). The van der Waals surface area contributed by atoms with E-state index in [2.05, 4.69) is 0 Å². The predicted molar refractivity (Wildman–Crippen MR) is 117 cm³/mol. The van der Waals surface area contributed by atoms with Crippen molar-refractivity contribution in [3.63, 3.8) is 0 Å². The highest BCUT2D eigenvalue weighted by molar-refractivity contribution is 7.09. The van der Waals surface area contributed by atoms with Gasteiger partial charge in [0.25, 0.3) is 0 Å². The second-order valence-corrected chi connectivity index (χ2v) is 9.65. The molecule has 2 saturated heterocycles. The van der Waals surface area contributed by atoms with Crippen molar-refractivity contribution in [3.8, 4) is 5.75 Å². The van der Waals surface area contributed by atoms with Gasteiger partial charge in [-0.25, -0.2) is 4.39 Å². The van der Waals surface area contributed by atoms with E-state index in [4.69, 9.17) is 4.65 Å². The summed E-state index contributed by atoms with van der Waals surface area (Å²) in [6.45, 7) is 2.23. The minimum atomic E-state index is -1.22. The maximum absolute atomic E-state index is 14.0. The van der Waals surface area contributed by atoms with Crippen LogP contribution in [-0.2, 0) is 20.8 Å². The Morgan fingerprint density at radius 2 is 2.06 bits per heavy atom. The zero-order chi connectivity index (χ0) is 22.6. The highest BCUT2D eigenvalue weighted by Gasteiger charge is 2.57. The summed E-state index contributed by atoms with van der Waals surface area (Å²) in [6.07, 6.45) is 0.797. The molecule has 2 aliphatic heterocycles. The van der Waals surface area contributed by atoms with Gasteiger partial charge in [0.1, 0.15) is 0 Å². The topological polar surface area (TPSA) is 87.1 Å². The first kappa shape index (κ1) is 21.4. The second-order valence-electron chi connectivity index (χ2n) is 8.62. The van der Waals surface area contributed by atoms with Crippen molar-refractivity contribution in [1.82, 2.24) is 4.90 Å². The Labute approximate surface area is 189 Å². The van der Waals surface area contributed by atoms with Crippen molar-refractivity contribution in [1.29, 1.82) is 0 Å². The van der Waals surface area contributed by atoms with E-state index in [9.17, 15) is 24.1 Å². The normalized spacial score (nSPS) is 27.7. The molecule has 3 aliphatic rings. The van der Waals surface area contributed by atoms with Crippen molar-refractivity contribution in [2.75, 3.05) is 0 Å². The number of hydrogen-bond donors (Lipinski definition) is 2. The fraction of sp³-hybridized carbons (Fsp3) is 0.391. The summed E-state index contributed by atoms with van der Waals surface area (Å²) in [5.41, 5.74) is 2.13. The number of phenolic OH excluding ortho intramolecular Hbond substituents is 1. The third kappa shape index (κ3) is 3.39. The number of thiophene rings is 1. The van der Waals surface area contributed by atoms with Crippen molar-refractivity contribution in [3.05, 3.63) is 63.0 Å². The quantitative estimate of drug-likeness (QED) is 0.544. The molecule has 0 unspecified atom stereocenters. The van der Waals surface area contributed by atoms with Gasteiger partial charge in [-0.1, -0.05) is 24.6 Å². The molecule has 6 nitrogen and oxygen atoms in total. The van der Waals surface area contributed by atoms with Crippen LogP contribution in [-0.4, -0.2) is 34.0 Å². The fourth-order valence-electron chi connectivity index (χ4n) is 5.47. The maximum Gasteiger partial charge on any atom is 0.487 e. The number of fused-ring (bicyclic) bond motifs is 3. The molecule has 0 saturated carbocycles. The Kier molecular flexibility index (Phi) is 5.43. The van der Waals surface area contributed by atoms with Gasteiger partial charge >= 0.3 is 7.12 Å². The minimum absolute atomic E-state index is 0.161. The lowest BCUT2D eigenvalue weighted by molar-refractivity contribution is -0.140. The maximum atomic E-state index is 14.0. The number of halogens is 1. The lowest BCUT2D eigenvalue weighted by Gasteiger charge is -2.42. The molecule has 2 amide bonds. The van der Waals surface area contributed by atoms with E-state index in [1.807, 2.05) is 24.4 Å². The van der Waals surface area contributed by atoms with Crippen LogP contribution < -0.4 is 0 Å². The number of likely N-dealkylation sites (tertiary alicyclic amines) is 1. The molecule has 3 heterocycles. The van der Waals surface area contributed by atoms with E-state index < -0.39 is 36.6 Å². The first-order valence-corrected chi connectivity index (χ1v) is 11.7. The third-order valence-corrected chi connectivity index (χ3v) is 7.83. The zero-order valence-electron chi connectivity index (χ0n) is 17.5. The van der Waals surface area contributed by atoms with Crippen LogP contribution in [0.2, 0.25) is 0 Å². The third-order valence-electron chi connectivity index (χ3n) is 6.97. The molecule has 1 aliphatic carbocycles. The summed E-state index contributed by atoms with van der Waals surface area (Å²) in [7, 11) is -1.22. The van der Waals surface area contributed by atoms with Gasteiger partial charge in [-0.15, -0.1) is 11.3 Å². The van der Waals surface area contributed by atoms with Crippen LogP contribution in [0.3, 0.4) is 0 Å². The van der Waals surface area contributed by atoms with Gasteiger partial charge in [0.05, 0.1) is 24.5 Å². The van der Waals surface area contributed by atoms with Crippen molar-refractivity contribution in [2.45, 2.75) is 38.8 Å². The average Bonchev–Trinajstić information content (AvgIpc) is 3.37.